The van der Waals surface area contributed by atoms with E-state index < -0.39 is 0 Å². The first-order valence-electron chi connectivity index (χ1n) is 5.36. The Labute approximate surface area is 100 Å². The summed E-state index contributed by atoms with van der Waals surface area (Å²) in [5.41, 5.74) is 2.27. The molecule has 2 aromatic rings. The standard InChI is InChI=1S/C14H14FNO/c1-16-14-7-6-11(9-13(14)15)10-4-3-5-12(8-10)17-2/h3-9,16H,1-2H3. The zero-order chi connectivity index (χ0) is 12.3. The van der Waals surface area contributed by atoms with Crippen LogP contribution in [0.1, 0.15) is 0 Å². The summed E-state index contributed by atoms with van der Waals surface area (Å²) in [5.74, 6) is 0.508. The van der Waals surface area contributed by atoms with Crippen LogP contribution < -0.4 is 10.1 Å². The normalized spacial score (nSPS) is 10.1. The molecule has 0 aliphatic rings. The predicted molar refractivity (Wildman–Crippen MR) is 67.9 cm³/mol. The Bertz CT molecular complexity index is 525. The van der Waals surface area contributed by atoms with Crippen molar-refractivity contribution in [1.82, 2.24) is 0 Å². The first-order valence-corrected chi connectivity index (χ1v) is 5.36. The SMILES string of the molecule is CNc1ccc(-c2cccc(OC)c2)cc1F. The molecule has 0 aliphatic carbocycles. The quantitative estimate of drug-likeness (QED) is 0.872. The van der Waals surface area contributed by atoms with E-state index in [0.29, 0.717) is 5.69 Å². The zero-order valence-corrected chi connectivity index (χ0v) is 9.83. The van der Waals surface area contributed by atoms with Gasteiger partial charge in [0.15, 0.2) is 0 Å². The largest absolute Gasteiger partial charge is 0.497 e. The molecule has 0 spiro atoms. The van der Waals surface area contributed by atoms with E-state index >= 15 is 0 Å². The highest BCUT2D eigenvalue weighted by atomic mass is 19.1. The van der Waals surface area contributed by atoms with E-state index in [1.807, 2.05) is 30.3 Å². The third kappa shape index (κ3) is 2.38. The Kier molecular flexibility index (Phi) is 3.28. The molecule has 1 N–H and O–H groups in total. The molecular weight excluding hydrogens is 217 g/mol. The van der Waals surface area contributed by atoms with Gasteiger partial charge < -0.3 is 10.1 Å². The van der Waals surface area contributed by atoms with Crippen molar-refractivity contribution in [2.24, 2.45) is 0 Å². The van der Waals surface area contributed by atoms with Gasteiger partial charge in [0.25, 0.3) is 0 Å². The summed E-state index contributed by atoms with van der Waals surface area (Å²) in [5, 5.41) is 2.80. The Morgan fingerprint density at radius 1 is 1.06 bits per heavy atom. The Hall–Kier alpha value is -2.03. The smallest absolute Gasteiger partial charge is 0.146 e. The number of halogens is 1. The molecule has 88 valence electrons. The highest BCUT2D eigenvalue weighted by molar-refractivity contribution is 5.67. The van der Waals surface area contributed by atoms with E-state index in [1.54, 1.807) is 20.2 Å². The van der Waals surface area contributed by atoms with Gasteiger partial charge in [0.2, 0.25) is 0 Å². The second-order valence-corrected chi connectivity index (χ2v) is 3.68. The highest BCUT2D eigenvalue weighted by Crippen LogP contribution is 2.26. The van der Waals surface area contributed by atoms with Gasteiger partial charge >= 0.3 is 0 Å². The highest BCUT2D eigenvalue weighted by Gasteiger charge is 2.04. The molecule has 0 fully saturated rings. The second-order valence-electron chi connectivity index (χ2n) is 3.68. The summed E-state index contributed by atoms with van der Waals surface area (Å²) in [6, 6.07) is 12.7. The van der Waals surface area contributed by atoms with Crippen molar-refractivity contribution < 1.29 is 9.13 Å². The van der Waals surface area contributed by atoms with Crippen LogP contribution in [0.2, 0.25) is 0 Å². The zero-order valence-electron chi connectivity index (χ0n) is 9.83. The van der Waals surface area contributed by atoms with Crippen LogP contribution in [0.25, 0.3) is 11.1 Å². The van der Waals surface area contributed by atoms with Crippen LogP contribution in [0, 0.1) is 5.82 Å². The van der Waals surface area contributed by atoms with Crippen molar-refractivity contribution in [3.63, 3.8) is 0 Å². The number of anilines is 1. The van der Waals surface area contributed by atoms with Gasteiger partial charge in [0, 0.05) is 7.05 Å². The van der Waals surface area contributed by atoms with E-state index in [2.05, 4.69) is 5.32 Å². The Morgan fingerprint density at radius 2 is 1.82 bits per heavy atom. The van der Waals surface area contributed by atoms with Gasteiger partial charge in [0.1, 0.15) is 11.6 Å². The minimum atomic E-state index is -0.257. The summed E-state index contributed by atoms with van der Waals surface area (Å²) in [4.78, 5) is 0. The maximum Gasteiger partial charge on any atom is 0.146 e. The molecule has 2 nitrogen and oxygen atoms in total. The van der Waals surface area contributed by atoms with Gasteiger partial charge in [-0.25, -0.2) is 4.39 Å². The average molecular weight is 231 g/mol. The lowest BCUT2D eigenvalue weighted by atomic mass is 10.0. The van der Waals surface area contributed by atoms with E-state index in [0.717, 1.165) is 16.9 Å². The van der Waals surface area contributed by atoms with Crippen molar-refractivity contribution in [2.45, 2.75) is 0 Å². The first-order chi connectivity index (χ1) is 8.24. The van der Waals surface area contributed by atoms with Gasteiger partial charge in [0.05, 0.1) is 12.8 Å². The van der Waals surface area contributed by atoms with Gasteiger partial charge in [-0.15, -0.1) is 0 Å². The van der Waals surface area contributed by atoms with Crippen molar-refractivity contribution in [3.8, 4) is 16.9 Å². The summed E-state index contributed by atoms with van der Waals surface area (Å²) < 4.78 is 18.8. The molecule has 2 aromatic carbocycles. The maximum absolute atomic E-state index is 13.6. The van der Waals surface area contributed by atoms with Crippen LogP contribution >= 0.6 is 0 Å². The molecule has 0 aliphatic heterocycles. The molecule has 0 unspecified atom stereocenters. The molecule has 17 heavy (non-hydrogen) atoms. The number of methoxy groups -OCH3 is 1. The van der Waals surface area contributed by atoms with Crippen molar-refractivity contribution in [2.75, 3.05) is 19.5 Å². The van der Waals surface area contributed by atoms with E-state index in [1.165, 1.54) is 6.07 Å². The fourth-order valence-electron chi connectivity index (χ4n) is 1.70. The fourth-order valence-corrected chi connectivity index (χ4v) is 1.70. The van der Waals surface area contributed by atoms with E-state index in [4.69, 9.17) is 4.74 Å². The third-order valence-electron chi connectivity index (χ3n) is 2.64. The minimum Gasteiger partial charge on any atom is -0.497 e. The third-order valence-corrected chi connectivity index (χ3v) is 2.64. The topological polar surface area (TPSA) is 21.3 Å². The lowest BCUT2D eigenvalue weighted by Crippen LogP contribution is -1.92. The Morgan fingerprint density at radius 3 is 2.47 bits per heavy atom. The van der Waals surface area contributed by atoms with Crippen LogP contribution in [0.15, 0.2) is 42.5 Å². The number of hydrogen-bond acceptors (Lipinski definition) is 2. The van der Waals surface area contributed by atoms with Gasteiger partial charge in [-0.1, -0.05) is 18.2 Å². The first kappa shape index (κ1) is 11.5. The maximum atomic E-state index is 13.6. The number of hydrogen-bond donors (Lipinski definition) is 1. The molecule has 0 saturated carbocycles. The van der Waals surface area contributed by atoms with Gasteiger partial charge in [-0.05, 0) is 35.4 Å². The van der Waals surface area contributed by atoms with Crippen LogP contribution in [-0.4, -0.2) is 14.2 Å². The number of ether oxygens (including phenoxy) is 1. The molecule has 2 rings (SSSR count). The molecule has 0 radical (unpaired) electrons. The molecule has 3 heteroatoms. The van der Waals surface area contributed by atoms with Crippen molar-refractivity contribution in [1.29, 1.82) is 0 Å². The van der Waals surface area contributed by atoms with Crippen LogP contribution in [-0.2, 0) is 0 Å². The van der Waals surface area contributed by atoms with E-state index in [9.17, 15) is 4.39 Å². The minimum absolute atomic E-state index is 0.257. The molecule has 0 saturated heterocycles. The summed E-state index contributed by atoms with van der Waals surface area (Å²) >= 11 is 0. The predicted octanol–water partition coefficient (Wildman–Crippen LogP) is 3.54. The lowest BCUT2D eigenvalue weighted by Gasteiger charge is -2.07. The average Bonchev–Trinajstić information content (AvgIpc) is 2.38. The van der Waals surface area contributed by atoms with Crippen LogP contribution in [0.4, 0.5) is 10.1 Å². The molecule has 0 atom stereocenters. The molecule has 0 aromatic heterocycles. The second kappa shape index (κ2) is 4.87. The molecule has 0 heterocycles. The number of rotatable bonds is 3. The van der Waals surface area contributed by atoms with Crippen molar-refractivity contribution in [3.05, 3.63) is 48.3 Å². The summed E-state index contributed by atoms with van der Waals surface area (Å²) in [6.07, 6.45) is 0. The number of benzene rings is 2. The van der Waals surface area contributed by atoms with Gasteiger partial charge in [-0.2, -0.15) is 0 Å². The van der Waals surface area contributed by atoms with Crippen LogP contribution in [0.3, 0.4) is 0 Å². The fraction of sp³-hybridized carbons (Fsp3) is 0.143. The number of nitrogens with one attached hydrogen (secondary N) is 1. The van der Waals surface area contributed by atoms with Gasteiger partial charge in [-0.3, -0.25) is 0 Å². The lowest BCUT2D eigenvalue weighted by molar-refractivity contribution is 0.415. The molecule has 0 bridgehead atoms. The van der Waals surface area contributed by atoms with Crippen LogP contribution in [0.5, 0.6) is 5.75 Å². The summed E-state index contributed by atoms with van der Waals surface area (Å²) in [7, 11) is 3.31. The summed E-state index contributed by atoms with van der Waals surface area (Å²) in [6.45, 7) is 0. The van der Waals surface area contributed by atoms with E-state index in [-0.39, 0.29) is 5.82 Å². The molecular formula is C14H14FNO. The monoisotopic (exact) mass is 231 g/mol. The molecule has 0 amide bonds. The van der Waals surface area contributed by atoms with Crippen molar-refractivity contribution >= 4 is 5.69 Å². The Balaban J connectivity index is 2.42.